The normalized spacial score (nSPS) is 15.3. The quantitative estimate of drug-likeness (QED) is 0.867. The molecule has 0 aliphatic carbocycles. The number of ether oxygens (including phenoxy) is 3. The van der Waals surface area contributed by atoms with Gasteiger partial charge in [-0.1, -0.05) is 0 Å². The van der Waals surface area contributed by atoms with Crippen LogP contribution in [0.2, 0.25) is 0 Å². The highest BCUT2D eigenvalue weighted by Gasteiger charge is 2.16. The molecule has 5 heteroatoms. The van der Waals surface area contributed by atoms with Gasteiger partial charge in [0.15, 0.2) is 0 Å². The van der Waals surface area contributed by atoms with Gasteiger partial charge >= 0.3 is 0 Å². The lowest BCUT2D eigenvalue weighted by Crippen LogP contribution is -2.36. The number of fused-ring (bicyclic) bond motifs is 1. The molecule has 3 rings (SSSR count). The van der Waals surface area contributed by atoms with Crippen LogP contribution in [-0.4, -0.2) is 45.5 Å². The average molecular weight is 288 g/mol. The molecule has 0 N–H and O–H groups in total. The Kier molecular flexibility index (Phi) is 3.84. The van der Waals surface area contributed by atoms with Crippen LogP contribution in [-0.2, 0) is 4.74 Å². The smallest absolute Gasteiger partial charge is 0.132 e. The van der Waals surface area contributed by atoms with E-state index in [4.69, 9.17) is 19.2 Å². The maximum atomic E-state index is 5.48. The summed E-state index contributed by atoms with van der Waals surface area (Å²) in [6.45, 7) is 5.33. The summed E-state index contributed by atoms with van der Waals surface area (Å²) in [6.07, 6.45) is 0. The minimum absolute atomic E-state index is 0.750. The van der Waals surface area contributed by atoms with Gasteiger partial charge in [-0.3, -0.25) is 0 Å². The van der Waals surface area contributed by atoms with Gasteiger partial charge in [-0.15, -0.1) is 0 Å². The third-order valence-electron chi connectivity index (χ3n) is 3.82. The van der Waals surface area contributed by atoms with Crippen LogP contribution in [0.1, 0.15) is 5.56 Å². The number of aryl methyl sites for hydroxylation is 1. The van der Waals surface area contributed by atoms with E-state index in [0.717, 1.165) is 60.1 Å². The van der Waals surface area contributed by atoms with Crippen LogP contribution in [0.25, 0.3) is 10.9 Å². The molecule has 1 aliphatic rings. The Hall–Kier alpha value is -2.01. The zero-order valence-corrected chi connectivity index (χ0v) is 12.7. The van der Waals surface area contributed by atoms with Gasteiger partial charge in [-0.05, 0) is 18.6 Å². The number of morpholine rings is 1. The highest BCUT2D eigenvalue weighted by molar-refractivity contribution is 5.91. The SMILES string of the molecule is COc1cc(OC)c2c(C)cc(N3CCOCC3)nc2c1. The van der Waals surface area contributed by atoms with Gasteiger partial charge in [0, 0.05) is 30.6 Å². The molecular weight excluding hydrogens is 268 g/mol. The van der Waals surface area contributed by atoms with Crippen LogP contribution >= 0.6 is 0 Å². The number of pyridine rings is 1. The molecule has 0 saturated carbocycles. The predicted octanol–water partition coefficient (Wildman–Crippen LogP) is 2.40. The second-order valence-electron chi connectivity index (χ2n) is 5.12. The maximum Gasteiger partial charge on any atom is 0.132 e. The zero-order valence-electron chi connectivity index (χ0n) is 12.7. The number of rotatable bonds is 3. The lowest BCUT2D eigenvalue weighted by atomic mass is 10.1. The van der Waals surface area contributed by atoms with Crippen molar-refractivity contribution in [3.8, 4) is 11.5 Å². The minimum Gasteiger partial charge on any atom is -0.497 e. The molecule has 1 fully saturated rings. The van der Waals surface area contributed by atoms with Gasteiger partial charge in [-0.2, -0.15) is 0 Å². The van der Waals surface area contributed by atoms with E-state index in [2.05, 4.69) is 17.9 Å². The van der Waals surface area contributed by atoms with E-state index in [1.54, 1.807) is 14.2 Å². The summed E-state index contributed by atoms with van der Waals surface area (Å²) in [5, 5.41) is 1.04. The third kappa shape index (κ3) is 2.61. The zero-order chi connectivity index (χ0) is 14.8. The highest BCUT2D eigenvalue weighted by Crippen LogP contribution is 2.34. The van der Waals surface area contributed by atoms with Gasteiger partial charge in [0.05, 0.1) is 33.0 Å². The Morgan fingerprint density at radius 1 is 1.10 bits per heavy atom. The van der Waals surface area contributed by atoms with Crippen molar-refractivity contribution in [2.24, 2.45) is 0 Å². The lowest BCUT2D eigenvalue weighted by molar-refractivity contribution is 0.122. The van der Waals surface area contributed by atoms with Crippen molar-refractivity contribution in [1.82, 2.24) is 4.98 Å². The van der Waals surface area contributed by atoms with Crippen molar-refractivity contribution in [3.63, 3.8) is 0 Å². The van der Waals surface area contributed by atoms with Crippen LogP contribution in [0.5, 0.6) is 11.5 Å². The first-order chi connectivity index (χ1) is 10.2. The predicted molar refractivity (Wildman–Crippen MR) is 82.6 cm³/mol. The van der Waals surface area contributed by atoms with Crippen molar-refractivity contribution in [2.75, 3.05) is 45.4 Å². The molecule has 1 aliphatic heterocycles. The fraction of sp³-hybridized carbons (Fsp3) is 0.438. The molecule has 0 bridgehead atoms. The summed E-state index contributed by atoms with van der Waals surface area (Å²) in [7, 11) is 3.32. The van der Waals surface area contributed by atoms with Crippen LogP contribution in [0.4, 0.5) is 5.82 Å². The second kappa shape index (κ2) is 5.77. The molecule has 0 radical (unpaired) electrons. The van der Waals surface area contributed by atoms with Crippen LogP contribution in [0, 0.1) is 6.92 Å². The number of hydrogen-bond acceptors (Lipinski definition) is 5. The number of nitrogens with zero attached hydrogens (tertiary/aromatic N) is 2. The molecule has 0 amide bonds. The van der Waals surface area contributed by atoms with E-state index in [9.17, 15) is 0 Å². The van der Waals surface area contributed by atoms with Gasteiger partial charge in [-0.25, -0.2) is 4.98 Å². The molecule has 2 heterocycles. The fourth-order valence-electron chi connectivity index (χ4n) is 2.72. The first kappa shape index (κ1) is 13.9. The summed E-state index contributed by atoms with van der Waals surface area (Å²) in [5.74, 6) is 2.53. The van der Waals surface area contributed by atoms with Crippen molar-refractivity contribution >= 4 is 16.7 Å². The molecule has 1 aromatic carbocycles. The average Bonchev–Trinajstić information content (AvgIpc) is 2.54. The fourth-order valence-corrected chi connectivity index (χ4v) is 2.72. The Morgan fingerprint density at radius 2 is 1.86 bits per heavy atom. The number of hydrogen-bond donors (Lipinski definition) is 0. The van der Waals surface area contributed by atoms with E-state index in [1.807, 2.05) is 12.1 Å². The molecule has 21 heavy (non-hydrogen) atoms. The van der Waals surface area contributed by atoms with Crippen LogP contribution < -0.4 is 14.4 Å². The monoisotopic (exact) mass is 288 g/mol. The third-order valence-corrected chi connectivity index (χ3v) is 3.82. The molecule has 1 aromatic heterocycles. The standard InChI is InChI=1S/C16H20N2O3/c1-11-8-15(18-4-6-21-7-5-18)17-13-9-12(19-2)10-14(20-3)16(11)13/h8-10H,4-7H2,1-3H3. The van der Waals surface area contributed by atoms with Crippen molar-refractivity contribution in [3.05, 3.63) is 23.8 Å². The highest BCUT2D eigenvalue weighted by atomic mass is 16.5. The largest absolute Gasteiger partial charge is 0.497 e. The number of aromatic nitrogens is 1. The molecule has 0 spiro atoms. The Balaban J connectivity index is 2.13. The number of benzene rings is 1. The minimum atomic E-state index is 0.750. The van der Waals surface area contributed by atoms with Gasteiger partial charge < -0.3 is 19.1 Å². The summed E-state index contributed by atoms with van der Waals surface area (Å²) in [5.41, 5.74) is 2.05. The molecular formula is C16H20N2O3. The summed E-state index contributed by atoms with van der Waals surface area (Å²) in [6, 6.07) is 5.96. The van der Waals surface area contributed by atoms with E-state index in [0.29, 0.717) is 0 Å². The number of anilines is 1. The van der Waals surface area contributed by atoms with Gasteiger partial charge in [0.1, 0.15) is 17.3 Å². The molecule has 5 nitrogen and oxygen atoms in total. The van der Waals surface area contributed by atoms with Crippen molar-refractivity contribution < 1.29 is 14.2 Å². The Bertz CT molecular complexity index is 652. The van der Waals surface area contributed by atoms with Crippen LogP contribution in [0.3, 0.4) is 0 Å². The first-order valence-corrected chi connectivity index (χ1v) is 7.09. The molecule has 0 unspecified atom stereocenters. The lowest BCUT2D eigenvalue weighted by Gasteiger charge is -2.28. The number of methoxy groups -OCH3 is 2. The van der Waals surface area contributed by atoms with E-state index < -0.39 is 0 Å². The topological polar surface area (TPSA) is 43.8 Å². The van der Waals surface area contributed by atoms with Crippen molar-refractivity contribution in [2.45, 2.75) is 6.92 Å². The Labute approximate surface area is 124 Å². The van der Waals surface area contributed by atoms with Crippen molar-refractivity contribution in [1.29, 1.82) is 0 Å². The summed E-state index contributed by atoms with van der Waals surface area (Å²) < 4.78 is 16.2. The molecule has 1 saturated heterocycles. The summed E-state index contributed by atoms with van der Waals surface area (Å²) >= 11 is 0. The van der Waals surface area contributed by atoms with E-state index in [-0.39, 0.29) is 0 Å². The first-order valence-electron chi connectivity index (χ1n) is 7.09. The molecule has 0 atom stereocenters. The summed E-state index contributed by atoms with van der Waals surface area (Å²) in [4.78, 5) is 7.04. The maximum absolute atomic E-state index is 5.48. The molecule has 2 aromatic rings. The van der Waals surface area contributed by atoms with Crippen LogP contribution in [0.15, 0.2) is 18.2 Å². The van der Waals surface area contributed by atoms with Gasteiger partial charge in [0.25, 0.3) is 0 Å². The van der Waals surface area contributed by atoms with E-state index >= 15 is 0 Å². The molecule has 112 valence electrons. The van der Waals surface area contributed by atoms with Gasteiger partial charge in [0.2, 0.25) is 0 Å². The Morgan fingerprint density at radius 3 is 2.52 bits per heavy atom. The second-order valence-corrected chi connectivity index (χ2v) is 5.12. The van der Waals surface area contributed by atoms with E-state index in [1.165, 1.54) is 0 Å².